The number of aromatic nitrogens is 2. The average molecular weight is 460 g/mol. The van der Waals surface area contributed by atoms with Crippen molar-refractivity contribution < 1.29 is 4.79 Å². The van der Waals surface area contributed by atoms with E-state index in [2.05, 4.69) is 66.9 Å². The summed E-state index contributed by atoms with van der Waals surface area (Å²) < 4.78 is 2.41. The number of nitrogens with zero attached hydrogens (tertiary/aromatic N) is 3. The van der Waals surface area contributed by atoms with Crippen LogP contribution in [-0.4, -0.2) is 26.9 Å². The molecule has 1 aliphatic rings. The summed E-state index contributed by atoms with van der Waals surface area (Å²) in [5.41, 5.74) is 3.45. The molecule has 182 valence electrons. The summed E-state index contributed by atoms with van der Waals surface area (Å²) in [6.45, 7) is 6.15. The number of unbranched alkanes of at least 4 members (excludes halogenated alkanes) is 8. The zero-order chi connectivity index (χ0) is 23.8. The third-order valence-electron chi connectivity index (χ3n) is 7.44. The first-order valence-electron chi connectivity index (χ1n) is 13.5. The molecule has 2 atom stereocenters. The van der Waals surface area contributed by atoms with Gasteiger partial charge in [-0.3, -0.25) is 4.79 Å². The molecule has 0 N–H and O–H groups in total. The van der Waals surface area contributed by atoms with Gasteiger partial charge in [-0.2, -0.15) is 0 Å². The Morgan fingerprint density at radius 2 is 1.53 bits per heavy atom. The van der Waals surface area contributed by atoms with Crippen LogP contribution in [0.4, 0.5) is 0 Å². The van der Waals surface area contributed by atoms with Gasteiger partial charge in [0.25, 0.3) is 0 Å². The molecule has 1 amide bonds. The first-order chi connectivity index (χ1) is 16.7. The van der Waals surface area contributed by atoms with Crippen molar-refractivity contribution in [3.05, 3.63) is 66.0 Å². The number of carbonyl (C=O) groups excluding carboxylic acids is 1. The minimum atomic E-state index is 0.0915. The van der Waals surface area contributed by atoms with Crippen LogP contribution < -0.4 is 0 Å². The second-order valence-electron chi connectivity index (χ2n) is 9.97. The maximum Gasteiger partial charge on any atom is 0.223 e. The van der Waals surface area contributed by atoms with E-state index in [0.29, 0.717) is 6.42 Å². The number of likely N-dealkylation sites (tertiary alicyclic amines) is 1. The van der Waals surface area contributed by atoms with Gasteiger partial charge in [0, 0.05) is 25.4 Å². The predicted octanol–water partition coefficient (Wildman–Crippen LogP) is 7.64. The average Bonchev–Trinajstić information content (AvgIpc) is 3.43. The first-order valence-corrected chi connectivity index (χ1v) is 13.5. The van der Waals surface area contributed by atoms with Crippen LogP contribution in [0.2, 0.25) is 0 Å². The van der Waals surface area contributed by atoms with Crippen LogP contribution in [0.1, 0.15) is 101 Å². The number of hydrogen-bond donors (Lipinski definition) is 0. The van der Waals surface area contributed by atoms with Gasteiger partial charge in [0.15, 0.2) is 0 Å². The quantitative estimate of drug-likeness (QED) is 0.246. The third-order valence-corrected chi connectivity index (χ3v) is 7.44. The minimum absolute atomic E-state index is 0.0915. The van der Waals surface area contributed by atoms with Crippen LogP contribution in [0.5, 0.6) is 0 Å². The van der Waals surface area contributed by atoms with E-state index < -0.39 is 0 Å². The fourth-order valence-corrected chi connectivity index (χ4v) is 5.41. The molecule has 0 aliphatic carbocycles. The number of fused-ring (bicyclic) bond motifs is 1. The van der Waals surface area contributed by atoms with Crippen molar-refractivity contribution in [2.24, 2.45) is 0 Å². The van der Waals surface area contributed by atoms with E-state index in [9.17, 15) is 4.79 Å². The lowest BCUT2D eigenvalue weighted by molar-refractivity contribution is -0.129. The Labute approximate surface area is 205 Å². The number of benzene rings is 2. The van der Waals surface area contributed by atoms with Crippen molar-refractivity contribution in [3.63, 3.8) is 0 Å². The number of amides is 1. The van der Waals surface area contributed by atoms with E-state index in [1.54, 1.807) is 0 Å². The number of carbonyl (C=O) groups is 1. The van der Waals surface area contributed by atoms with Crippen molar-refractivity contribution >= 4 is 16.9 Å². The van der Waals surface area contributed by atoms with Gasteiger partial charge in [-0.25, -0.2) is 4.98 Å². The summed E-state index contributed by atoms with van der Waals surface area (Å²) in [5, 5.41) is 0. The number of hydrogen-bond acceptors (Lipinski definition) is 2. The van der Waals surface area contributed by atoms with Gasteiger partial charge in [-0.15, -0.1) is 0 Å². The Balaban J connectivity index is 1.40. The highest BCUT2D eigenvalue weighted by Crippen LogP contribution is 2.35. The van der Waals surface area contributed by atoms with E-state index in [-0.39, 0.29) is 17.9 Å². The third kappa shape index (κ3) is 5.89. The summed E-state index contributed by atoms with van der Waals surface area (Å²) in [7, 11) is 0. The predicted molar refractivity (Wildman–Crippen MR) is 141 cm³/mol. The molecular weight excluding hydrogens is 418 g/mol. The number of imidazole rings is 1. The van der Waals surface area contributed by atoms with Gasteiger partial charge in [0.1, 0.15) is 5.82 Å². The lowest BCUT2D eigenvalue weighted by Crippen LogP contribution is -2.28. The fraction of sp³-hybridized carbons (Fsp3) is 0.533. The van der Waals surface area contributed by atoms with Gasteiger partial charge < -0.3 is 9.47 Å². The van der Waals surface area contributed by atoms with Gasteiger partial charge in [0.05, 0.1) is 17.1 Å². The molecule has 2 heterocycles. The van der Waals surface area contributed by atoms with Crippen LogP contribution in [0.3, 0.4) is 0 Å². The van der Waals surface area contributed by atoms with Gasteiger partial charge >= 0.3 is 0 Å². The van der Waals surface area contributed by atoms with Crippen LogP contribution in [0.15, 0.2) is 54.6 Å². The molecule has 0 saturated carbocycles. The second kappa shape index (κ2) is 12.2. The van der Waals surface area contributed by atoms with Crippen molar-refractivity contribution in [1.82, 2.24) is 14.5 Å². The molecule has 0 spiro atoms. The number of para-hydroxylation sites is 2. The normalized spacial score (nSPS) is 17.1. The smallest absolute Gasteiger partial charge is 0.223 e. The minimum Gasteiger partial charge on any atom is -0.335 e. The zero-order valence-electron chi connectivity index (χ0n) is 21.1. The molecule has 1 fully saturated rings. The number of aryl methyl sites for hydroxylation is 1. The molecule has 1 aliphatic heterocycles. The molecule has 0 radical (unpaired) electrons. The number of rotatable bonds is 13. The van der Waals surface area contributed by atoms with E-state index >= 15 is 0 Å². The summed E-state index contributed by atoms with van der Waals surface area (Å²) in [4.78, 5) is 20.1. The van der Waals surface area contributed by atoms with Crippen LogP contribution in [0, 0.1) is 0 Å². The SMILES string of the molecule is CCCCCCCCCCCn1c(C2CC(=O)N(C(C)c3ccccc3)C2)nc2ccccc21. The summed E-state index contributed by atoms with van der Waals surface area (Å²) in [6.07, 6.45) is 12.5. The highest BCUT2D eigenvalue weighted by molar-refractivity contribution is 5.81. The molecule has 0 bridgehead atoms. The molecular formula is C30H41N3O. The van der Waals surface area contributed by atoms with E-state index in [0.717, 1.165) is 24.4 Å². The van der Waals surface area contributed by atoms with E-state index in [4.69, 9.17) is 4.98 Å². The second-order valence-corrected chi connectivity index (χ2v) is 9.97. The molecule has 4 rings (SSSR count). The fourth-order valence-electron chi connectivity index (χ4n) is 5.41. The first kappa shape index (κ1) is 24.5. The molecule has 34 heavy (non-hydrogen) atoms. The Bertz CT molecular complexity index is 1040. The summed E-state index contributed by atoms with van der Waals surface area (Å²) in [6, 6.07) is 18.9. The van der Waals surface area contributed by atoms with Crippen LogP contribution in [0.25, 0.3) is 11.0 Å². The van der Waals surface area contributed by atoms with Gasteiger partial charge in [-0.1, -0.05) is 101 Å². The molecule has 1 aromatic heterocycles. The highest BCUT2D eigenvalue weighted by atomic mass is 16.2. The standard InChI is InChI=1S/C30H41N3O/c1-3-4-5-6-7-8-9-10-16-21-32-28-20-15-14-19-27(28)31-30(32)26-22-29(34)33(23-26)24(2)25-17-12-11-13-18-25/h11-15,17-20,24,26H,3-10,16,21-23H2,1-2H3. The molecule has 4 heteroatoms. The van der Waals surface area contributed by atoms with Crippen molar-refractivity contribution in [2.45, 2.75) is 96.6 Å². The lowest BCUT2D eigenvalue weighted by atomic mass is 10.1. The summed E-state index contributed by atoms with van der Waals surface area (Å²) in [5.74, 6) is 1.49. The molecule has 2 unspecified atom stereocenters. The molecule has 2 aromatic carbocycles. The Morgan fingerprint density at radius 3 is 2.26 bits per heavy atom. The maximum atomic E-state index is 13.0. The lowest BCUT2D eigenvalue weighted by Gasteiger charge is -2.25. The zero-order valence-corrected chi connectivity index (χ0v) is 21.1. The molecule has 4 nitrogen and oxygen atoms in total. The van der Waals surface area contributed by atoms with Crippen molar-refractivity contribution in [1.29, 1.82) is 0 Å². The van der Waals surface area contributed by atoms with E-state index in [1.165, 1.54) is 68.9 Å². The van der Waals surface area contributed by atoms with Crippen LogP contribution >= 0.6 is 0 Å². The van der Waals surface area contributed by atoms with Crippen LogP contribution in [-0.2, 0) is 11.3 Å². The maximum absolute atomic E-state index is 13.0. The molecule has 3 aromatic rings. The largest absolute Gasteiger partial charge is 0.335 e. The van der Waals surface area contributed by atoms with Gasteiger partial charge in [0.2, 0.25) is 5.91 Å². The van der Waals surface area contributed by atoms with Crippen molar-refractivity contribution in [2.75, 3.05) is 6.54 Å². The summed E-state index contributed by atoms with van der Waals surface area (Å²) >= 11 is 0. The molecule has 1 saturated heterocycles. The van der Waals surface area contributed by atoms with E-state index in [1.807, 2.05) is 11.0 Å². The topological polar surface area (TPSA) is 38.1 Å². The van der Waals surface area contributed by atoms with Crippen molar-refractivity contribution in [3.8, 4) is 0 Å². The highest BCUT2D eigenvalue weighted by Gasteiger charge is 2.36. The Hall–Kier alpha value is -2.62. The van der Waals surface area contributed by atoms with Gasteiger partial charge in [-0.05, 0) is 31.0 Å². The Kier molecular flexibility index (Phi) is 8.79. The Morgan fingerprint density at radius 1 is 0.882 bits per heavy atom. The monoisotopic (exact) mass is 459 g/mol.